The Morgan fingerprint density at radius 1 is 0.840 bits per heavy atom. The van der Waals surface area contributed by atoms with Crippen LogP contribution in [-0.2, 0) is 0 Å². The molecule has 1 aromatic heterocycles. The number of benzene rings is 2. The highest BCUT2D eigenvalue weighted by Gasteiger charge is 2.05. The van der Waals surface area contributed by atoms with E-state index in [4.69, 9.17) is 4.74 Å². The second kappa shape index (κ2) is 7.44. The lowest BCUT2D eigenvalue weighted by atomic mass is 10.1. The number of hydrogen-bond acceptors (Lipinski definition) is 4. The number of rotatable bonds is 4. The molecule has 3 rings (SSSR count). The average molecular weight is 334 g/mol. The van der Waals surface area contributed by atoms with Crippen LogP contribution in [0.3, 0.4) is 0 Å². The highest BCUT2D eigenvalue weighted by Crippen LogP contribution is 2.20. The van der Waals surface area contributed by atoms with Gasteiger partial charge in [-0.3, -0.25) is 0 Å². The Bertz CT molecular complexity index is 844. The molecule has 126 valence electrons. The number of ether oxygens (including phenoxy) is 1. The van der Waals surface area contributed by atoms with E-state index in [1.54, 1.807) is 13.2 Å². The molecular formula is C19H18N4O2. The standard InChI is InChI=1S/C19H18N4O2/c1-13-3-7-15(8-4-13)20-19(24)21-16-9-5-14(6-10-16)17-11-12-18(25-2)23-22-17/h3-12H,1-2H3,(H2,20,21,24). The molecule has 3 aromatic rings. The topological polar surface area (TPSA) is 76.1 Å². The van der Waals surface area contributed by atoms with Crippen molar-refractivity contribution in [2.24, 2.45) is 0 Å². The summed E-state index contributed by atoms with van der Waals surface area (Å²) in [6, 6.07) is 18.3. The fraction of sp³-hybridized carbons (Fsp3) is 0.105. The summed E-state index contributed by atoms with van der Waals surface area (Å²) in [4.78, 5) is 12.0. The van der Waals surface area contributed by atoms with Crippen LogP contribution < -0.4 is 15.4 Å². The number of amides is 2. The number of carbonyl (C=O) groups is 1. The van der Waals surface area contributed by atoms with E-state index in [0.717, 1.165) is 22.5 Å². The molecule has 2 amide bonds. The SMILES string of the molecule is COc1ccc(-c2ccc(NC(=O)Nc3ccc(C)cc3)cc2)nn1. The summed E-state index contributed by atoms with van der Waals surface area (Å²) in [5, 5.41) is 13.6. The molecular weight excluding hydrogens is 316 g/mol. The van der Waals surface area contributed by atoms with E-state index in [2.05, 4.69) is 20.8 Å². The zero-order valence-corrected chi connectivity index (χ0v) is 14.0. The Morgan fingerprint density at radius 3 is 1.96 bits per heavy atom. The minimum atomic E-state index is -0.291. The third-order valence-corrected chi connectivity index (χ3v) is 3.60. The molecule has 6 heteroatoms. The van der Waals surface area contributed by atoms with Gasteiger partial charge in [-0.2, -0.15) is 0 Å². The average Bonchev–Trinajstić information content (AvgIpc) is 2.64. The van der Waals surface area contributed by atoms with E-state index >= 15 is 0 Å². The first kappa shape index (κ1) is 16.4. The van der Waals surface area contributed by atoms with Crippen molar-refractivity contribution in [3.8, 4) is 17.1 Å². The van der Waals surface area contributed by atoms with Crippen LogP contribution in [0.2, 0.25) is 0 Å². The van der Waals surface area contributed by atoms with Gasteiger partial charge >= 0.3 is 6.03 Å². The molecule has 0 saturated carbocycles. The molecule has 2 N–H and O–H groups in total. The third-order valence-electron chi connectivity index (χ3n) is 3.60. The number of nitrogens with one attached hydrogen (secondary N) is 2. The molecule has 0 aliphatic rings. The van der Waals surface area contributed by atoms with Crippen molar-refractivity contribution in [1.29, 1.82) is 0 Å². The molecule has 0 spiro atoms. The van der Waals surface area contributed by atoms with Crippen LogP contribution in [0.25, 0.3) is 11.3 Å². The number of carbonyl (C=O) groups excluding carboxylic acids is 1. The van der Waals surface area contributed by atoms with Gasteiger partial charge in [-0.05, 0) is 37.3 Å². The third kappa shape index (κ3) is 4.32. The van der Waals surface area contributed by atoms with Crippen LogP contribution in [0.4, 0.5) is 16.2 Å². The molecule has 0 saturated heterocycles. The van der Waals surface area contributed by atoms with Crippen molar-refractivity contribution in [2.75, 3.05) is 17.7 Å². The molecule has 2 aromatic carbocycles. The minimum Gasteiger partial charge on any atom is -0.480 e. The summed E-state index contributed by atoms with van der Waals surface area (Å²) in [7, 11) is 1.55. The van der Waals surface area contributed by atoms with Gasteiger partial charge in [0.05, 0.1) is 12.8 Å². The highest BCUT2D eigenvalue weighted by molar-refractivity contribution is 5.99. The van der Waals surface area contributed by atoms with E-state index in [1.807, 2.05) is 61.5 Å². The number of methoxy groups -OCH3 is 1. The molecule has 0 aliphatic heterocycles. The second-order valence-corrected chi connectivity index (χ2v) is 5.48. The fourth-order valence-electron chi connectivity index (χ4n) is 2.24. The molecule has 0 aliphatic carbocycles. The summed E-state index contributed by atoms with van der Waals surface area (Å²) < 4.78 is 5.00. The zero-order chi connectivity index (χ0) is 17.6. The summed E-state index contributed by atoms with van der Waals surface area (Å²) in [5.74, 6) is 0.467. The van der Waals surface area contributed by atoms with E-state index in [0.29, 0.717) is 11.6 Å². The molecule has 0 fully saturated rings. The van der Waals surface area contributed by atoms with E-state index in [1.165, 1.54) is 0 Å². The first-order valence-corrected chi connectivity index (χ1v) is 7.77. The number of hydrogen-bond donors (Lipinski definition) is 2. The van der Waals surface area contributed by atoms with Gasteiger partial charge in [-0.1, -0.05) is 29.8 Å². The van der Waals surface area contributed by atoms with Crippen LogP contribution >= 0.6 is 0 Å². The van der Waals surface area contributed by atoms with Gasteiger partial charge in [0.25, 0.3) is 0 Å². The van der Waals surface area contributed by atoms with Crippen LogP contribution in [0.5, 0.6) is 5.88 Å². The zero-order valence-electron chi connectivity index (χ0n) is 14.0. The van der Waals surface area contributed by atoms with Gasteiger partial charge in [-0.15, -0.1) is 10.2 Å². The van der Waals surface area contributed by atoms with Crippen molar-refractivity contribution in [3.05, 3.63) is 66.2 Å². The Labute approximate surface area is 145 Å². The van der Waals surface area contributed by atoms with Crippen molar-refractivity contribution in [2.45, 2.75) is 6.92 Å². The molecule has 0 atom stereocenters. The highest BCUT2D eigenvalue weighted by atomic mass is 16.5. The number of anilines is 2. The monoisotopic (exact) mass is 334 g/mol. The largest absolute Gasteiger partial charge is 0.480 e. The van der Waals surface area contributed by atoms with Crippen molar-refractivity contribution < 1.29 is 9.53 Å². The van der Waals surface area contributed by atoms with E-state index < -0.39 is 0 Å². The van der Waals surface area contributed by atoms with Gasteiger partial charge in [0, 0.05) is 23.0 Å². The summed E-state index contributed by atoms with van der Waals surface area (Å²) in [5.41, 5.74) is 4.21. The second-order valence-electron chi connectivity index (χ2n) is 5.48. The Balaban J connectivity index is 1.63. The van der Waals surface area contributed by atoms with Crippen LogP contribution in [0, 0.1) is 6.92 Å². The Kier molecular flexibility index (Phi) is 4.89. The molecule has 25 heavy (non-hydrogen) atoms. The smallest absolute Gasteiger partial charge is 0.323 e. The molecule has 0 unspecified atom stereocenters. The maximum Gasteiger partial charge on any atom is 0.323 e. The molecule has 1 heterocycles. The van der Waals surface area contributed by atoms with Crippen LogP contribution in [0.1, 0.15) is 5.56 Å². The van der Waals surface area contributed by atoms with Gasteiger partial charge in [-0.25, -0.2) is 4.79 Å². The van der Waals surface area contributed by atoms with Crippen molar-refractivity contribution >= 4 is 17.4 Å². The van der Waals surface area contributed by atoms with Crippen LogP contribution in [0.15, 0.2) is 60.7 Å². The fourth-order valence-corrected chi connectivity index (χ4v) is 2.24. The van der Waals surface area contributed by atoms with E-state index in [-0.39, 0.29) is 6.03 Å². The lowest BCUT2D eigenvalue weighted by molar-refractivity contribution is 0.262. The van der Waals surface area contributed by atoms with Gasteiger partial charge in [0.2, 0.25) is 5.88 Å². The van der Waals surface area contributed by atoms with E-state index in [9.17, 15) is 4.79 Å². The normalized spacial score (nSPS) is 10.2. The predicted octanol–water partition coefficient (Wildman–Crippen LogP) is 4.10. The van der Waals surface area contributed by atoms with Gasteiger partial charge < -0.3 is 15.4 Å². The first-order chi connectivity index (χ1) is 12.1. The maximum absolute atomic E-state index is 12.0. The van der Waals surface area contributed by atoms with Gasteiger partial charge in [0.1, 0.15) is 0 Å². The van der Waals surface area contributed by atoms with Crippen molar-refractivity contribution in [1.82, 2.24) is 10.2 Å². The number of nitrogens with zero attached hydrogens (tertiary/aromatic N) is 2. The maximum atomic E-state index is 12.0. The molecule has 0 radical (unpaired) electrons. The lowest BCUT2D eigenvalue weighted by Gasteiger charge is -2.08. The number of aromatic nitrogens is 2. The number of urea groups is 1. The predicted molar refractivity (Wildman–Crippen MR) is 97.8 cm³/mol. The lowest BCUT2D eigenvalue weighted by Crippen LogP contribution is -2.19. The molecule has 6 nitrogen and oxygen atoms in total. The summed E-state index contributed by atoms with van der Waals surface area (Å²) in [6.07, 6.45) is 0. The molecule has 0 bridgehead atoms. The number of aryl methyl sites for hydroxylation is 1. The van der Waals surface area contributed by atoms with Gasteiger partial charge in [0.15, 0.2) is 0 Å². The summed E-state index contributed by atoms with van der Waals surface area (Å²) >= 11 is 0. The van der Waals surface area contributed by atoms with Crippen molar-refractivity contribution in [3.63, 3.8) is 0 Å². The Hall–Kier alpha value is -3.41. The van der Waals surface area contributed by atoms with Crippen LogP contribution in [-0.4, -0.2) is 23.3 Å². The minimum absolute atomic E-state index is 0.291. The quantitative estimate of drug-likeness (QED) is 0.753. The Morgan fingerprint density at radius 2 is 1.44 bits per heavy atom. The summed E-state index contributed by atoms with van der Waals surface area (Å²) in [6.45, 7) is 2.00. The first-order valence-electron chi connectivity index (χ1n) is 7.77.